The second-order valence-electron chi connectivity index (χ2n) is 5.81. The molecule has 3 atom stereocenters. The number of thioether (sulfide) groups is 2. The van der Waals surface area contributed by atoms with E-state index in [0.29, 0.717) is 5.75 Å². The van der Waals surface area contributed by atoms with Crippen LogP contribution in [0.1, 0.15) is 0 Å². The summed E-state index contributed by atoms with van der Waals surface area (Å²) in [7, 11) is 1.31. The number of aliphatic carboxylic acids is 1. The Morgan fingerprint density at radius 1 is 1.58 bits per heavy atom. The minimum Gasteiger partial charge on any atom is -0.480 e. The maximum absolute atomic E-state index is 12.7. The van der Waals surface area contributed by atoms with Crippen LogP contribution in [0.15, 0.2) is 11.3 Å². The van der Waals surface area contributed by atoms with Crippen LogP contribution in [0.25, 0.3) is 0 Å². The summed E-state index contributed by atoms with van der Waals surface area (Å²) in [4.78, 5) is 48.7. The van der Waals surface area contributed by atoms with E-state index in [9.17, 15) is 19.2 Å². The Morgan fingerprint density at radius 2 is 2.31 bits per heavy atom. The minimum atomic E-state index is -1.56. The van der Waals surface area contributed by atoms with Gasteiger partial charge in [0.15, 0.2) is 0 Å². The smallest absolute Gasteiger partial charge is 0.355 e. The number of nitrogens with zero attached hydrogens (tertiary/aromatic N) is 1. The molecule has 0 spiro atoms. The van der Waals surface area contributed by atoms with Crippen LogP contribution in [0.5, 0.6) is 0 Å². The number of cyclic esters (lactones) is 1. The van der Waals surface area contributed by atoms with Gasteiger partial charge in [0.25, 0.3) is 11.6 Å². The zero-order valence-electron chi connectivity index (χ0n) is 13.7. The van der Waals surface area contributed by atoms with Crippen molar-refractivity contribution in [1.29, 1.82) is 0 Å². The lowest BCUT2D eigenvalue weighted by Crippen LogP contribution is -2.80. The molecule has 3 heterocycles. The van der Waals surface area contributed by atoms with Gasteiger partial charge in [-0.15, -0.1) is 23.5 Å². The molecule has 0 aromatic heterocycles. The van der Waals surface area contributed by atoms with Crippen molar-refractivity contribution in [2.45, 2.75) is 17.1 Å². The van der Waals surface area contributed by atoms with E-state index in [1.165, 1.54) is 23.8 Å². The minimum absolute atomic E-state index is 0.0586. The molecule has 0 saturated carbocycles. The molecule has 142 valence electrons. The van der Waals surface area contributed by atoms with Gasteiger partial charge in [-0.1, -0.05) is 0 Å². The van der Waals surface area contributed by atoms with Crippen LogP contribution in [0, 0.1) is 0 Å². The molecule has 4 N–H and O–H groups in total. The molecule has 0 aromatic carbocycles. The number of carboxylic acids is 1. The van der Waals surface area contributed by atoms with Crippen molar-refractivity contribution in [2.75, 3.05) is 31.0 Å². The summed E-state index contributed by atoms with van der Waals surface area (Å²) in [5, 5.41) is 10.7. The van der Waals surface area contributed by atoms with Crippen LogP contribution in [0.3, 0.4) is 0 Å². The van der Waals surface area contributed by atoms with E-state index < -0.39 is 40.9 Å². The van der Waals surface area contributed by atoms with Crippen LogP contribution in [0.4, 0.5) is 0 Å². The Bertz CT molecular complexity index is 713. The number of rotatable bonds is 7. The molecule has 3 rings (SSSR count). The lowest BCUT2D eigenvalue weighted by molar-refractivity contribution is -0.191. The number of amides is 2. The maximum Gasteiger partial charge on any atom is 0.355 e. The number of carboxylic acid groups (broad SMARTS) is 1. The van der Waals surface area contributed by atoms with Crippen molar-refractivity contribution >= 4 is 47.3 Å². The average Bonchev–Trinajstić information content (AvgIpc) is 2.98. The summed E-state index contributed by atoms with van der Waals surface area (Å²) >= 11 is 2.41. The number of nitrogens with one attached hydrogen (secondary N) is 1. The molecular weight excluding hydrogens is 386 g/mol. The molecule has 26 heavy (non-hydrogen) atoms. The van der Waals surface area contributed by atoms with Crippen molar-refractivity contribution in [2.24, 2.45) is 5.73 Å². The lowest BCUT2D eigenvalue weighted by Gasteiger charge is -2.55. The molecule has 0 radical (unpaired) electrons. The van der Waals surface area contributed by atoms with Gasteiger partial charge in [-0.2, -0.15) is 0 Å². The summed E-state index contributed by atoms with van der Waals surface area (Å²) < 4.78 is 10.3. The molecule has 0 bridgehead atoms. The largest absolute Gasteiger partial charge is 0.480 e. The van der Waals surface area contributed by atoms with Gasteiger partial charge in [0.05, 0.1) is 5.75 Å². The molecule has 3 aliphatic heterocycles. The van der Waals surface area contributed by atoms with E-state index >= 15 is 0 Å². The number of ether oxygens (including phenoxy) is 2. The van der Waals surface area contributed by atoms with E-state index in [0.717, 1.165) is 17.3 Å². The first-order valence-corrected chi connectivity index (χ1v) is 9.79. The number of esters is 1. The highest BCUT2D eigenvalue weighted by molar-refractivity contribution is 8.00. The van der Waals surface area contributed by atoms with E-state index in [4.69, 9.17) is 20.3 Å². The van der Waals surface area contributed by atoms with Gasteiger partial charge >= 0.3 is 11.9 Å². The zero-order valence-corrected chi connectivity index (χ0v) is 15.4. The number of methoxy groups -OCH3 is 1. The van der Waals surface area contributed by atoms with Crippen molar-refractivity contribution in [3.8, 4) is 0 Å². The van der Waals surface area contributed by atoms with Crippen molar-refractivity contribution in [3.63, 3.8) is 0 Å². The fraction of sp³-hybridized carbons (Fsp3) is 0.571. The summed E-state index contributed by atoms with van der Waals surface area (Å²) in [5.41, 5.74) is 4.81. The van der Waals surface area contributed by atoms with Gasteiger partial charge < -0.3 is 25.6 Å². The van der Waals surface area contributed by atoms with Gasteiger partial charge in [0.2, 0.25) is 5.91 Å². The Balaban J connectivity index is 1.64. The van der Waals surface area contributed by atoms with E-state index in [2.05, 4.69) is 5.32 Å². The van der Waals surface area contributed by atoms with Crippen LogP contribution < -0.4 is 11.1 Å². The fourth-order valence-corrected chi connectivity index (χ4v) is 5.05. The van der Waals surface area contributed by atoms with Crippen LogP contribution in [-0.2, 0) is 28.7 Å². The van der Waals surface area contributed by atoms with E-state index in [-0.39, 0.29) is 23.8 Å². The molecule has 10 nitrogen and oxygen atoms in total. The third-order valence-corrected chi connectivity index (χ3v) is 6.61. The quantitative estimate of drug-likeness (QED) is 0.256. The SMILES string of the molecule is CO[C@@]1(NC(=O)CSC[C@@H](N)C(=O)O)C(=O)N2C3=C(COC3=O)CS[C@@H]21. The Morgan fingerprint density at radius 3 is 2.96 bits per heavy atom. The van der Waals surface area contributed by atoms with Crippen LogP contribution >= 0.6 is 23.5 Å². The average molecular weight is 403 g/mol. The molecule has 2 amide bonds. The second-order valence-corrected chi connectivity index (χ2v) is 7.91. The molecule has 12 heteroatoms. The first-order valence-electron chi connectivity index (χ1n) is 7.58. The van der Waals surface area contributed by atoms with Gasteiger partial charge in [-0.25, -0.2) is 4.79 Å². The van der Waals surface area contributed by atoms with Crippen LogP contribution in [0.2, 0.25) is 0 Å². The first kappa shape index (κ1) is 19.0. The first-order chi connectivity index (χ1) is 12.3. The number of β-lactam (4-membered cyclic amide) rings is 1. The van der Waals surface area contributed by atoms with Crippen molar-refractivity contribution < 1.29 is 33.8 Å². The Labute approximate surface area is 156 Å². The monoisotopic (exact) mass is 403 g/mol. The summed E-state index contributed by atoms with van der Waals surface area (Å²) in [5.74, 6) is -2.25. The Kier molecular flexibility index (Phi) is 5.19. The molecule has 3 aliphatic rings. The van der Waals surface area contributed by atoms with Crippen LogP contribution in [-0.4, -0.2) is 81.9 Å². The van der Waals surface area contributed by atoms with Crippen molar-refractivity contribution in [1.82, 2.24) is 10.2 Å². The molecule has 0 aromatic rings. The molecule has 1 saturated heterocycles. The number of carbonyl (C=O) groups is 4. The number of hydrogen-bond donors (Lipinski definition) is 3. The number of hydrogen-bond acceptors (Lipinski definition) is 9. The number of nitrogens with two attached hydrogens (primary N) is 1. The van der Waals surface area contributed by atoms with Gasteiger partial charge in [-0.05, 0) is 0 Å². The fourth-order valence-electron chi connectivity index (χ4n) is 2.86. The molecular formula is C14H17N3O7S2. The summed E-state index contributed by atoms with van der Waals surface area (Å²) in [6.07, 6.45) is 0. The number of carbonyl (C=O) groups excluding carboxylic acids is 3. The summed E-state index contributed by atoms with van der Waals surface area (Å²) in [6.45, 7) is 0.171. The third kappa shape index (κ3) is 2.96. The van der Waals surface area contributed by atoms with E-state index in [1.54, 1.807) is 0 Å². The zero-order chi connectivity index (χ0) is 19.1. The van der Waals surface area contributed by atoms with E-state index in [1.807, 2.05) is 0 Å². The molecule has 0 aliphatic carbocycles. The predicted octanol–water partition coefficient (Wildman–Crippen LogP) is -1.68. The summed E-state index contributed by atoms with van der Waals surface area (Å²) in [6, 6.07) is -1.07. The third-order valence-electron chi connectivity index (χ3n) is 4.18. The molecule has 1 fully saturated rings. The lowest BCUT2D eigenvalue weighted by atomic mass is 9.99. The second kappa shape index (κ2) is 7.10. The molecule has 0 unspecified atom stereocenters. The highest BCUT2D eigenvalue weighted by Crippen LogP contribution is 2.48. The maximum atomic E-state index is 12.7. The Hall–Kier alpha value is -1.76. The van der Waals surface area contributed by atoms with Crippen molar-refractivity contribution in [3.05, 3.63) is 11.3 Å². The highest BCUT2D eigenvalue weighted by atomic mass is 32.2. The number of fused-ring (bicyclic) bond motifs is 2. The normalized spacial score (nSPS) is 28.1. The van der Waals surface area contributed by atoms with Gasteiger partial charge in [0.1, 0.15) is 23.7 Å². The van der Waals surface area contributed by atoms with Gasteiger partial charge in [-0.3, -0.25) is 19.3 Å². The standard InChI is InChI=1S/C14H17N3O7S2/c1-23-14(16-8(18)5-25-4-7(15)10(19)20)12(22)17-9-6(2-24-11(9)21)3-26-13(14)17/h7,13H,2-5,15H2,1H3,(H,16,18)(H,19,20)/t7-,13-,14+/m1/s1. The predicted molar refractivity (Wildman–Crippen MR) is 91.9 cm³/mol. The van der Waals surface area contributed by atoms with Gasteiger partial charge in [0, 0.05) is 24.2 Å². The highest BCUT2D eigenvalue weighted by Gasteiger charge is 2.67. The topological polar surface area (TPSA) is 148 Å².